The van der Waals surface area contributed by atoms with Gasteiger partial charge in [-0.2, -0.15) is 0 Å². The number of amides is 1. The lowest BCUT2D eigenvalue weighted by Crippen LogP contribution is -2.53. The number of nitrogens with zero attached hydrogens (tertiary/aromatic N) is 2. The van der Waals surface area contributed by atoms with Crippen LogP contribution in [0.1, 0.15) is 12.0 Å². The number of hydrogen-bond donors (Lipinski definition) is 2. The molecule has 0 bridgehead atoms. The van der Waals surface area contributed by atoms with Gasteiger partial charge >= 0.3 is 0 Å². The molecule has 1 aromatic carbocycles. The third kappa shape index (κ3) is 4.92. The Morgan fingerprint density at radius 1 is 1.28 bits per heavy atom. The van der Waals surface area contributed by atoms with Gasteiger partial charge in [-0.05, 0) is 50.0 Å². The molecule has 1 aromatic rings. The summed E-state index contributed by atoms with van der Waals surface area (Å²) in [6.45, 7) is 6.77. The van der Waals surface area contributed by atoms with E-state index < -0.39 is 0 Å². The van der Waals surface area contributed by atoms with E-state index in [0.29, 0.717) is 12.5 Å². The first-order chi connectivity index (χ1) is 11.1. The van der Waals surface area contributed by atoms with Gasteiger partial charge < -0.3 is 20.9 Å². The fourth-order valence-electron chi connectivity index (χ4n) is 3.50. The summed E-state index contributed by atoms with van der Waals surface area (Å²) in [6, 6.07) is 5.95. The lowest BCUT2D eigenvalue weighted by atomic mass is 10.0. The molecule has 2 aliphatic heterocycles. The van der Waals surface area contributed by atoms with E-state index >= 15 is 0 Å². The summed E-state index contributed by atoms with van der Waals surface area (Å²) in [5, 5.41) is 4.11. The molecule has 0 spiro atoms. The SMILES string of the molecule is Cc1c(Cl)cccc1N1CCN(C(=O)[C@@H]2C[C@@H](CN)CN2)CC1.Cl.Cl. The van der Waals surface area contributed by atoms with Crippen LogP contribution in [-0.2, 0) is 4.79 Å². The van der Waals surface area contributed by atoms with Crippen molar-refractivity contribution in [2.75, 3.05) is 44.2 Å². The van der Waals surface area contributed by atoms with Crippen molar-refractivity contribution in [3.63, 3.8) is 0 Å². The second-order valence-corrected chi connectivity index (χ2v) is 6.90. The number of anilines is 1. The lowest BCUT2D eigenvalue weighted by Gasteiger charge is -2.38. The summed E-state index contributed by atoms with van der Waals surface area (Å²) in [7, 11) is 0. The van der Waals surface area contributed by atoms with Gasteiger partial charge in [-0.1, -0.05) is 17.7 Å². The Labute approximate surface area is 167 Å². The molecule has 1 amide bonds. The number of nitrogens with two attached hydrogens (primary N) is 1. The molecule has 5 nitrogen and oxygen atoms in total. The predicted molar refractivity (Wildman–Crippen MR) is 108 cm³/mol. The average molecular weight is 410 g/mol. The molecule has 2 aliphatic rings. The van der Waals surface area contributed by atoms with Gasteiger partial charge in [-0.3, -0.25) is 4.79 Å². The van der Waals surface area contributed by atoms with E-state index in [-0.39, 0.29) is 36.8 Å². The Kier molecular flexibility index (Phi) is 8.78. The van der Waals surface area contributed by atoms with Crippen molar-refractivity contribution in [3.8, 4) is 0 Å². The number of nitrogens with one attached hydrogen (secondary N) is 1. The van der Waals surface area contributed by atoms with Gasteiger partial charge in [0.05, 0.1) is 6.04 Å². The standard InChI is InChI=1S/C17H25ClN4O.2ClH/c1-12-14(18)3-2-4-16(12)21-5-7-22(8-6-21)17(23)15-9-13(10-19)11-20-15;;/h2-4,13,15,20H,5-11,19H2,1H3;2*1H/t13-,15-;;/m0../s1. The second-order valence-electron chi connectivity index (χ2n) is 6.49. The fourth-order valence-corrected chi connectivity index (χ4v) is 3.67. The van der Waals surface area contributed by atoms with Crippen LogP contribution in [0.5, 0.6) is 0 Å². The van der Waals surface area contributed by atoms with E-state index in [0.717, 1.165) is 49.7 Å². The van der Waals surface area contributed by atoms with Gasteiger partial charge in [0, 0.05) is 36.9 Å². The Hall–Kier alpha value is -0.720. The number of rotatable bonds is 3. The van der Waals surface area contributed by atoms with Gasteiger partial charge in [-0.25, -0.2) is 0 Å². The molecule has 0 aromatic heterocycles. The zero-order chi connectivity index (χ0) is 16.4. The van der Waals surface area contributed by atoms with E-state index in [9.17, 15) is 4.79 Å². The fraction of sp³-hybridized carbons (Fsp3) is 0.588. The Morgan fingerprint density at radius 2 is 1.96 bits per heavy atom. The first-order valence-corrected chi connectivity index (χ1v) is 8.70. The van der Waals surface area contributed by atoms with Crippen LogP contribution < -0.4 is 16.0 Å². The van der Waals surface area contributed by atoms with Crippen LogP contribution in [-0.4, -0.2) is 56.1 Å². The predicted octanol–water partition coefficient (Wildman–Crippen LogP) is 2.08. The smallest absolute Gasteiger partial charge is 0.239 e. The summed E-state index contributed by atoms with van der Waals surface area (Å²) in [5.74, 6) is 0.655. The number of benzene rings is 1. The third-order valence-electron chi connectivity index (χ3n) is 5.02. The normalized spacial score (nSPS) is 23.0. The molecule has 2 atom stereocenters. The molecule has 142 valence electrons. The third-order valence-corrected chi connectivity index (χ3v) is 5.43. The average Bonchev–Trinajstić information content (AvgIpc) is 3.06. The zero-order valence-corrected chi connectivity index (χ0v) is 16.8. The minimum atomic E-state index is -0.0528. The van der Waals surface area contributed by atoms with Crippen molar-refractivity contribution in [1.29, 1.82) is 0 Å². The molecular formula is C17H27Cl3N4O. The Bertz CT molecular complexity index is 579. The number of piperazine rings is 1. The molecule has 2 heterocycles. The van der Waals surface area contributed by atoms with Crippen molar-refractivity contribution >= 4 is 48.0 Å². The minimum absolute atomic E-state index is 0. The number of hydrogen-bond acceptors (Lipinski definition) is 4. The highest BCUT2D eigenvalue weighted by Crippen LogP contribution is 2.27. The van der Waals surface area contributed by atoms with Crippen molar-refractivity contribution in [2.24, 2.45) is 11.7 Å². The van der Waals surface area contributed by atoms with Crippen molar-refractivity contribution in [2.45, 2.75) is 19.4 Å². The molecular weight excluding hydrogens is 383 g/mol. The zero-order valence-electron chi connectivity index (χ0n) is 14.4. The van der Waals surface area contributed by atoms with Gasteiger partial charge in [-0.15, -0.1) is 24.8 Å². The summed E-state index contributed by atoms with van der Waals surface area (Å²) < 4.78 is 0. The molecule has 2 fully saturated rings. The number of carbonyl (C=O) groups is 1. The molecule has 0 saturated carbocycles. The molecule has 0 aliphatic carbocycles. The summed E-state index contributed by atoms with van der Waals surface area (Å²) in [5.41, 5.74) is 7.98. The van der Waals surface area contributed by atoms with Crippen LogP contribution in [0, 0.1) is 12.8 Å². The van der Waals surface area contributed by atoms with E-state index in [2.05, 4.69) is 16.3 Å². The molecule has 25 heavy (non-hydrogen) atoms. The van der Waals surface area contributed by atoms with Crippen LogP contribution in [0.2, 0.25) is 5.02 Å². The van der Waals surface area contributed by atoms with Gasteiger partial charge in [0.2, 0.25) is 5.91 Å². The van der Waals surface area contributed by atoms with Crippen molar-refractivity contribution in [3.05, 3.63) is 28.8 Å². The van der Waals surface area contributed by atoms with E-state index in [1.54, 1.807) is 0 Å². The number of halogens is 3. The molecule has 2 saturated heterocycles. The second kappa shape index (κ2) is 9.83. The molecule has 3 N–H and O–H groups in total. The lowest BCUT2D eigenvalue weighted by molar-refractivity contribution is -0.133. The first-order valence-electron chi connectivity index (χ1n) is 8.32. The first kappa shape index (κ1) is 22.3. The number of carbonyl (C=O) groups excluding carboxylic acids is 1. The van der Waals surface area contributed by atoms with Crippen LogP contribution in [0.15, 0.2) is 18.2 Å². The molecule has 8 heteroatoms. The highest BCUT2D eigenvalue weighted by molar-refractivity contribution is 6.31. The van der Waals surface area contributed by atoms with Crippen LogP contribution in [0.4, 0.5) is 5.69 Å². The maximum atomic E-state index is 12.6. The largest absolute Gasteiger partial charge is 0.368 e. The maximum Gasteiger partial charge on any atom is 0.239 e. The Morgan fingerprint density at radius 3 is 2.56 bits per heavy atom. The van der Waals surface area contributed by atoms with Gasteiger partial charge in [0.1, 0.15) is 0 Å². The quantitative estimate of drug-likeness (QED) is 0.802. The van der Waals surface area contributed by atoms with Gasteiger partial charge in [0.25, 0.3) is 0 Å². The van der Waals surface area contributed by atoms with Crippen molar-refractivity contribution < 1.29 is 4.79 Å². The van der Waals surface area contributed by atoms with Gasteiger partial charge in [0.15, 0.2) is 0 Å². The molecule has 0 unspecified atom stereocenters. The summed E-state index contributed by atoms with van der Waals surface area (Å²) in [4.78, 5) is 16.9. The van der Waals surface area contributed by atoms with Crippen LogP contribution in [0.3, 0.4) is 0 Å². The van der Waals surface area contributed by atoms with E-state index in [1.807, 2.05) is 24.0 Å². The molecule has 0 radical (unpaired) electrons. The highest BCUT2D eigenvalue weighted by atomic mass is 35.5. The Balaban J connectivity index is 0.00000156. The topological polar surface area (TPSA) is 61.6 Å². The van der Waals surface area contributed by atoms with Crippen LogP contribution >= 0.6 is 36.4 Å². The molecule has 3 rings (SSSR count). The van der Waals surface area contributed by atoms with E-state index in [1.165, 1.54) is 5.69 Å². The summed E-state index contributed by atoms with van der Waals surface area (Å²) in [6.07, 6.45) is 0.864. The van der Waals surface area contributed by atoms with E-state index in [4.69, 9.17) is 17.3 Å². The monoisotopic (exact) mass is 408 g/mol. The minimum Gasteiger partial charge on any atom is -0.368 e. The van der Waals surface area contributed by atoms with Crippen molar-refractivity contribution in [1.82, 2.24) is 10.2 Å². The maximum absolute atomic E-state index is 12.6. The highest BCUT2D eigenvalue weighted by Gasteiger charge is 2.33. The van der Waals surface area contributed by atoms with Crippen LogP contribution in [0.25, 0.3) is 0 Å². The summed E-state index contributed by atoms with van der Waals surface area (Å²) >= 11 is 6.22.